The number of carbonyl (C=O) groups is 2. The summed E-state index contributed by atoms with van der Waals surface area (Å²) < 4.78 is 0. The first-order valence-corrected chi connectivity index (χ1v) is 4.27. The molecule has 0 unspecified atom stereocenters. The molecular formula is C8H17N3O2. The quantitative estimate of drug-likeness (QED) is 0.588. The molecule has 0 aliphatic heterocycles. The number of nitrogens with two attached hydrogens (primary N) is 1. The Balaban J connectivity index is 4.18. The van der Waals surface area contributed by atoms with Gasteiger partial charge in [0.2, 0.25) is 11.8 Å². The van der Waals surface area contributed by atoms with Gasteiger partial charge in [0.1, 0.15) is 0 Å². The van der Waals surface area contributed by atoms with Gasteiger partial charge in [-0.05, 0) is 13.8 Å². The monoisotopic (exact) mass is 187 g/mol. The first-order chi connectivity index (χ1) is 6.02. The van der Waals surface area contributed by atoms with Crippen LogP contribution in [0.1, 0.15) is 13.8 Å². The summed E-state index contributed by atoms with van der Waals surface area (Å²) >= 11 is 0. The zero-order valence-corrected chi connectivity index (χ0v) is 8.33. The molecule has 3 N–H and O–H groups in total. The van der Waals surface area contributed by atoms with E-state index in [-0.39, 0.29) is 18.4 Å². The third-order valence-electron chi connectivity index (χ3n) is 1.70. The average Bonchev–Trinajstić information content (AvgIpc) is 2.12. The first kappa shape index (κ1) is 11.9. The summed E-state index contributed by atoms with van der Waals surface area (Å²) in [5.74, 6) is -0.387. The average molecular weight is 187 g/mol. The predicted molar refractivity (Wildman–Crippen MR) is 50.0 cm³/mol. The van der Waals surface area contributed by atoms with Crippen molar-refractivity contribution in [3.05, 3.63) is 0 Å². The highest BCUT2D eigenvalue weighted by molar-refractivity contribution is 5.87. The third-order valence-corrected chi connectivity index (χ3v) is 1.70. The first-order valence-electron chi connectivity index (χ1n) is 4.27. The second-order valence-corrected chi connectivity index (χ2v) is 2.81. The molecule has 0 aromatic heterocycles. The molecule has 5 heteroatoms. The molecule has 0 aliphatic carbocycles. The van der Waals surface area contributed by atoms with Gasteiger partial charge >= 0.3 is 0 Å². The van der Waals surface area contributed by atoms with Crippen LogP contribution in [-0.4, -0.2) is 42.9 Å². The van der Waals surface area contributed by atoms with Crippen molar-refractivity contribution in [1.29, 1.82) is 0 Å². The molecule has 13 heavy (non-hydrogen) atoms. The molecular weight excluding hydrogens is 170 g/mol. The largest absolute Gasteiger partial charge is 0.358 e. The minimum absolute atomic E-state index is 0.0768. The lowest BCUT2D eigenvalue weighted by Gasteiger charge is -2.21. The third kappa shape index (κ3) is 3.89. The number of hydrogen-bond acceptors (Lipinski definition) is 3. The maximum Gasteiger partial charge on any atom is 0.239 e. The standard InChI is InChI=1S/C8H17N3O2/c1-4-11(5-7(12)10-3)8(13)6(2)9/h6H,4-5,9H2,1-3H3,(H,10,12)/t6-/m1/s1. The Morgan fingerprint density at radius 3 is 2.38 bits per heavy atom. The summed E-state index contributed by atoms with van der Waals surface area (Å²) in [5.41, 5.74) is 5.41. The van der Waals surface area contributed by atoms with Crippen LogP contribution < -0.4 is 11.1 Å². The molecule has 0 rings (SSSR count). The smallest absolute Gasteiger partial charge is 0.239 e. The number of nitrogens with zero attached hydrogens (tertiary/aromatic N) is 1. The fourth-order valence-corrected chi connectivity index (χ4v) is 0.886. The van der Waals surface area contributed by atoms with Crippen LogP contribution in [0.4, 0.5) is 0 Å². The highest BCUT2D eigenvalue weighted by Crippen LogP contribution is 1.92. The van der Waals surface area contributed by atoms with Gasteiger partial charge in [0.25, 0.3) is 0 Å². The van der Waals surface area contributed by atoms with E-state index >= 15 is 0 Å². The topological polar surface area (TPSA) is 75.4 Å². The number of carbonyl (C=O) groups excluding carboxylic acids is 2. The van der Waals surface area contributed by atoms with E-state index in [4.69, 9.17) is 5.73 Å². The molecule has 0 spiro atoms. The SMILES string of the molecule is CCN(CC(=O)NC)C(=O)[C@@H](C)N. The molecule has 0 aliphatic rings. The second kappa shape index (κ2) is 5.53. The van der Waals surface area contributed by atoms with E-state index in [9.17, 15) is 9.59 Å². The van der Waals surface area contributed by atoms with E-state index in [1.165, 1.54) is 11.9 Å². The van der Waals surface area contributed by atoms with E-state index < -0.39 is 6.04 Å². The Kier molecular flexibility index (Phi) is 5.06. The summed E-state index contributed by atoms with van der Waals surface area (Å²) in [6.45, 7) is 3.99. The number of hydrogen-bond donors (Lipinski definition) is 2. The fourth-order valence-electron chi connectivity index (χ4n) is 0.886. The van der Waals surface area contributed by atoms with E-state index in [1.54, 1.807) is 6.92 Å². The van der Waals surface area contributed by atoms with Crippen molar-refractivity contribution in [2.45, 2.75) is 19.9 Å². The van der Waals surface area contributed by atoms with Crippen LogP contribution in [0.5, 0.6) is 0 Å². The molecule has 0 heterocycles. The molecule has 1 atom stereocenters. The van der Waals surface area contributed by atoms with Crippen LogP contribution in [0.2, 0.25) is 0 Å². The fraction of sp³-hybridized carbons (Fsp3) is 0.750. The lowest BCUT2D eigenvalue weighted by Crippen LogP contribution is -2.46. The highest BCUT2D eigenvalue weighted by atomic mass is 16.2. The minimum Gasteiger partial charge on any atom is -0.358 e. The lowest BCUT2D eigenvalue weighted by molar-refractivity contribution is -0.136. The molecule has 0 aromatic carbocycles. The lowest BCUT2D eigenvalue weighted by atomic mass is 10.3. The van der Waals surface area contributed by atoms with Gasteiger partial charge in [-0.15, -0.1) is 0 Å². The second-order valence-electron chi connectivity index (χ2n) is 2.81. The maximum absolute atomic E-state index is 11.3. The van der Waals surface area contributed by atoms with Crippen molar-refractivity contribution in [3.63, 3.8) is 0 Å². The zero-order chi connectivity index (χ0) is 10.4. The van der Waals surface area contributed by atoms with Gasteiger partial charge in [-0.25, -0.2) is 0 Å². The molecule has 0 radical (unpaired) electrons. The maximum atomic E-state index is 11.3. The summed E-state index contributed by atoms with van der Waals surface area (Å²) in [6.07, 6.45) is 0. The Morgan fingerprint density at radius 1 is 1.54 bits per heavy atom. The van der Waals surface area contributed by atoms with Gasteiger partial charge in [-0.2, -0.15) is 0 Å². The summed E-state index contributed by atoms with van der Waals surface area (Å²) in [6, 6.07) is -0.551. The van der Waals surface area contributed by atoms with E-state index in [2.05, 4.69) is 5.32 Å². The number of rotatable bonds is 4. The Bertz CT molecular complexity index is 192. The van der Waals surface area contributed by atoms with Crippen molar-refractivity contribution in [2.24, 2.45) is 5.73 Å². The summed E-state index contributed by atoms with van der Waals surface area (Å²) in [4.78, 5) is 23.7. The van der Waals surface area contributed by atoms with Crippen molar-refractivity contribution in [2.75, 3.05) is 20.1 Å². The Morgan fingerprint density at radius 2 is 2.08 bits per heavy atom. The van der Waals surface area contributed by atoms with Gasteiger partial charge in [-0.1, -0.05) is 0 Å². The Labute approximate surface area is 78.3 Å². The normalized spacial score (nSPS) is 12.0. The van der Waals surface area contributed by atoms with Crippen molar-refractivity contribution >= 4 is 11.8 Å². The predicted octanol–water partition coefficient (Wildman–Crippen LogP) is -1.07. The summed E-state index contributed by atoms with van der Waals surface area (Å²) in [5, 5.41) is 2.45. The summed E-state index contributed by atoms with van der Waals surface area (Å²) in [7, 11) is 1.53. The molecule has 0 saturated carbocycles. The number of likely N-dealkylation sites (N-methyl/N-ethyl adjacent to an activating group) is 2. The molecule has 76 valence electrons. The zero-order valence-electron chi connectivity index (χ0n) is 8.33. The molecule has 0 fully saturated rings. The van der Waals surface area contributed by atoms with Gasteiger partial charge in [0, 0.05) is 13.6 Å². The van der Waals surface area contributed by atoms with Gasteiger partial charge in [-0.3, -0.25) is 9.59 Å². The minimum atomic E-state index is -0.551. The van der Waals surface area contributed by atoms with Crippen molar-refractivity contribution in [1.82, 2.24) is 10.2 Å². The van der Waals surface area contributed by atoms with E-state index in [1.807, 2.05) is 6.92 Å². The van der Waals surface area contributed by atoms with E-state index in [0.29, 0.717) is 6.54 Å². The molecule has 0 aromatic rings. The van der Waals surface area contributed by atoms with Crippen LogP contribution in [0, 0.1) is 0 Å². The molecule has 0 bridgehead atoms. The van der Waals surface area contributed by atoms with E-state index in [0.717, 1.165) is 0 Å². The molecule has 0 saturated heterocycles. The van der Waals surface area contributed by atoms with Gasteiger partial charge in [0.15, 0.2) is 0 Å². The van der Waals surface area contributed by atoms with Gasteiger partial charge in [0.05, 0.1) is 12.6 Å². The van der Waals surface area contributed by atoms with Crippen molar-refractivity contribution in [3.8, 4) is 0 Å². The Hall–Kier alpha value is -1.10. The molecule has 2 amide bonds. The number of amides is 2. The van der Waals surface area contributed by atoms with Crippen LogP contribution in [-0.2, 0) is 9.59 Å². The van der Waals surface area contributed by atoms with Crippen LogP contribution in [0.25, 0.3) is 0 Å². The van der Waals surface area contributed by atoms with Crippen LogP contribution in [0.15, 0.2) is 0 Å². The number of nitrogens with one attached hydrogen (secondary N) is 1. The van der Waals surface area contributed by atoms with Crippen LogP contribution >= 0.6 is 0 Å². The highest BCUT2D eigenvalue weighted by Gasteiger charge is 2.17. The van der Waals surface area contributed by atoms with Gasteiger partial charge < -0.3 is 16.0 Å². The van der Waals surface area contributed by atoms with Crippen molar-refractivity contribution < 1.29 is 9.59 Å². The van der Waals surface area contributed by atoms with Crippen LogP contribution in [0.3, 0.4) is 0 Å². The molecule has 5 nitrogen and oxygen atoms in total.